The molecule has 3 amide bonds. The van der Waals surface area contributed by atoms with Gasteiger partial charge in [-0.05, 0) is 36.4 Å². The Labute approximate surface area is 169 Å². The lowest BCUT2D eigenvalue weighted by Crippen LogP contribution is -2.47. The van der Waals surface area contributed by atoms with Crippen molar-refractivity contribution in [3.05, 3.63) is 46.7 Å². The molecule has 0 aliphatic carbocycles. The highest BCUT2D eigenvalue weighted by molar-refractivity contribution is 7.09. The van der Waals surface area contributed by atoms with Crippen LogP contribution in [0.4, 0.5) is 23.7 Å². The smallest absolute Gasteiger partial charge is 0.404 e. The van der Waals surface area contributed by atoms with Crippen LogP contribution in [-0.4, -0.2) is 36.3 Å². The van der Waals surface area contributed by atoms with Gasteiger partial charge >= 0.3 is 12.4 Å². The Morgan fingerprint density at radius 1 is 1.21 bits per heavy atom. The fourth-order valence-corrected chi connectivity index (χ4v) is 3.73. The minimum Gasteiger partial charge on any atom is -0.404 e. The van der Waals surface area contributed by atoms with Gasteiger partial charge in [-0.3, -0.25) is 4.79 Å². The van der Waals surface area contributed by atoms with E-state index in [4.69, 9.17) is 0 Å². The molecule has 1 unspecified atom stereocenters. The average Bonchev–Trinajstić information content (AvgIpc) is 3.20. The first-order chi connectivity index (χ1) is 13.8. The molecule has 2 aromatic rings. The molecular weight excluding hydrogens is 407 g/mol. The van der Waals surface area contributed by atoms with Gasteiger partial charge in [0, 0.05) is 18.0 Å². The number of benzene rings is 1. The second-order valence-corrected chi connectivity index (χ2v) is 7.59. The molecule has 6 nitrogen and oxygen atoms in total. The number of thiophene rings is 1. The quantitative estimate of drug-likeness (QED) is 0.751. The van der Waals surface area contributed by atoms with Crippen molar-refractivity contribution in [1.29, 1.82) is 0 Å². The summed E-state index contributed by atoms with van der Waals surface area (Å²) in [6, 6.07) is 8.91. The number of anilines is 1. The van der Waals surface area contributed by atoms with E-state index in [1.807, 2.05) is 17.5 Å². The fraction of sp³-hybridized carbons (Fsp3) is 0.368. The predicted molar refractivity (Wildman–Crippen MR) is 103 cm³/mol. The minimum atomic E-state index is -4.86. The molecule has 1 aromatic carbocycles. The van der Waals surface area contributed by atoms with Crippen molar-refractivity contribution < 1.29 is 27.5 Å². The van der Waals surface area contributed by atoms with Gasteiger partial charge in [0.05, 0.1) is 18.2 Å². The van der Waals surface area contributed by atoms with Crippen molar-refractivity contribution in [2.75, 3.05) is 18.4 Å². The van der Waals surface area contributed by atoms with Gasteiger partial charge in [0.25, 0.3) is 0 Å². The lowest BCUT2D eigenvalue weighted by Gasteiger charge is -2.32. The molecule has 156 valence electrons. The molecule has 2 N–H and O–H groups in total. The van der Waals surface area contributed by atoms with E-state index in [0.717, 1.165) is 10.9 Å². The van der Waals surface area contributed by atoms with E-state index in [-0.39, 0.29) is 18.3 Å². The third-order valence-electron chi connectivity index (χ3n) is 4.44. The Morgan fingerprint density at radius 3 is 2.72 bits per heavy atom. The number of hydrogen-bond donors (Lipinski definition) is 2. The SMILES string of the molecule is O=C(Nc1ccccc1OC(F)(F)F)C1CCCN(C(=O)NCc2cccs2)C1. The molecule has 10 heteroatoms. The number of piperidine rings is 1. The maximum Gasteiger partial charge on any atom is 0.573 e. The standard InChI is InChI=1S/C19H20F3N3O3S/c20-19(21,22)28-16-8-2-1-7-15(16)24-17(26)13-5-3-9-25(12-13)18(27)23-11-14-6-4-10-29-14/h1-2,4,6-8,10,13H,3,5,9,11-12H2,(H,23,27)(H,24,26). The van der Waals surface area contributed by atoms with Crippen LogP contribution in [0.25, 0.3) is 0 Å². The monoisotopic (exact) mass is 427 g/mol. The van der Waals surface area contributed by atoms with E-state index in [0.29, 0.717) is 25.9 Å². The van der Waals surface area contributed by atoms with Gasteiger partial charge in [-0.25, -0.2) is 4.79 Å². The molecule has 1 aromatic heterocycles. The number of likely N-dealkylation sites (tertiary alicyclic amines) is 1. The summed E-state index contributed by atoms with van der Waals surface area (Å²) in [4.78, 5) is 27.5. The molecule has 3 rings (SSSR count). The highest BCUT2D eigenvalue weighted by Crippen LogP contribution is 2.30. The maximum atomic E-state index is 12.6. The van der Waals surface area contributed by atoms with Crippen molar-refractivity contribution in [2.45, 2.75) is 25.7 Å². The molecular formula is C19H20F3N3O3S. The summed E-state index contributed by atoms with van der Waals surface area (Å²) in [5, 5.41) is 7.24. The van der Waals surface area contributed by atoms with Crippen LogP contribution in [-0.2, 0) is 11.3 Å². The van der Waals surface area contributed by atoms with E-state index < -0.39 is 23.9 Å². The lowest BCUT2D eigenvalue weighted by atomic mass is 9.97. The Hall–Kier alpha value is -2.75. The van der Waals surface area contributed by atoms with Crippen molar-refractivity contribution in [3.8, 4) is 5.75 Å². The van der Waals surface area contributed by atoms with Gasteiger partial charge in [-0.15, -0.1) is 24.5 Å². The van der Waals surface area contributed by atoms with Crippen LogP contribution in [0.3, 0.4) is 0 Å². The Balaban J connectivity index is 1.58. The second-order valence-electron chi connectivity index (χ2n) is 6.56. The first kappa shape index (κ1) is 21.0. The van der Waals surface area contributed by atoms with Crippen LogP contribution >= 0.6 is 11.3 Å². The zero-order valence-corrected chi connectivity index (χ0v) is 16.2. The number of amides is 3. The number of carbonyl (C=O) groups excluding carboxylic acids is 2. The minimum absolute atomic E-state index is 0.0610. The lowest BCUT2D eigenvalue weighted by molar-refractivity contribution is -0.274. The number of urea groups is 1. The van der Waals surface area contributed by atoms with Crippen LogP contribution in [0.1, 0.15) is 17.7 Å². The molecule has 1 atom stereocenters. The van der Waals surface area contributed by atoms with Crippen molar-refractivity contribution in [1.82, 2.24) is 10.2 Å². The van der Waals surface area contributed by atoms with E-state index >= 15 is 0 Å². The van der Waals surface area contributed by atoms with Crippen molar-refractivity contribution in [2.24, 2.45) is 5.92 Å². The molecule has 1 aliphatic heterocycles. The summed E-state index contributed by atoms with van der Waals surface area (Å²) in [5.74, 6) is -1.44. The molecule has 29 heavy (non-hydrogen) atoms. The molecule has 0 radical (unpaired) electrons. The fourth-order valence-electron chi connectivity index (χ4n) is 3.08. The number of hydrogen-bond acceptors (Lipinski definition) is 4. The summed E-state index contributed by atoms with van der Waals surface area (Å²) in [7, 11) is 0. The Morgan fingerprint density at radius 2 is 2.00 bits per heavy atom. The number of rotatable bonds is 5. The van der Waals surface area contributed by atoms with Gasteiger partial charge < -0.3 is 20.3 Å². The van der Waals surface area contributed by atoms with E-state index in [1.165, 1.54) is 29.5 Å². The zero-order valence-electron chi connectivity index (χ0n) is 15.4. The number of carbonyl (C=O) groups is 2. The van der Waals surface area contributed by atoms with E-state index in [2.05, 4.69) is 15.4 Å². The summed E-state index contributed by atoms with van der Waals surface area (Å²) in [6.07, 6.45) is -3.68. The number of ether oxygens (including phenoxy) is 1. The summed E-state index contributed by atoms with van der Waals surface area (Å²) in [5.41, 5.74) is -0.0610. The van der Waals surface area contributed by atoms with E-state index in [1.54, 1.807) is 4.90 Å². The molecule has 0 spiro atoms. The highest BCUT2D eigenvalue weighted by atomic mass is 32.1. The Kier molecular flexibility index (Phi) is 6.63. The van der Waals surface area contributed by atoms with Gasteiger partial charge in [-0.1, -0.05) is 18.2 Å². The zero-order chi connectivity index (χ0) is 20.9. The number of nitrogens with one attached hydrogen (secondary N) is 2. The molecule has 1 fully saturated rings. The molecule has 2 heterocycles. The average molecular weight is 427 g/mol. The van der Waals surface area contributed by atoms with Gasteiger partial charge in [-0.2, -0.15) is 0 Å². The summed E-state index contributed by atoms with van der Waals surface area (Å²) < 4.78 is 41.6. The van der Waals surface area contributed by atoms with Crippen molar-refractivity contribution >= 4 is 29.0 Å². The maximum absolute atomic E-state index is 12.6. The third-order valence-corrected chi connectivity index (χ3v) is 5.32. The van der Waals surface area contributed by atoms with Crippen LogP contribution in [0.2, 0.25) is 0 Å². The van der Waals surface area contributed by atoms with Crippen LogP contribution in [0.15, 0.2) is 41.8 Å². The van der Waals surface area contributed by atoms with Gasteiger partial charge in [0.1, 0.15) is 0 Å². The second kappa shape index (κ2) is 9.17. The van der Waals surface area contributed by atoms with Crippen LogP contribution in [0.5, 0.6) is 5.75 Å². The summed E-state index contributed by atoms with van der Waals surface area (Å²) >= 11 is 1.53. The topological polar surface area (TPSA) is 70.7 Å². The number of alkyl halides is 3. The molecule has 0 saturated carbocycles. The largest absolute Gasteiger partial charge is 0.573 e. The van der Waals surface area contributed by atoms with Crippen LogP contribution in [0, 0.1) is 5.92 Å². The number of para-hydroxylation sites is 2. The first-order valence-corrected chi connectivity index (χ1v) is 9.90. The van der Waals surface area contributed by atoms with Crippen LogP contribution < -0.4 is 15.4 Å². The van der Waals surface area contributed by atoms with E-state index in [9.17, 15) is 22.8 Å². The van der Waals surface area contributed by atoms with Gasteiger partial charge in [0.2, 0.25) is 5.91 Å². The van der Waals surface area contributed by atoms with Crippen molar-refractivity contribution in [3.63, 3.8) is 0 Å². The molecule has 1 saturated heterocycles. The Bertz CT molecular complexity index is 843. The predicted octanol–water partition coefficient (Wildman–Crippen LogP) is 4.21. The number of halogens is 3. The molecule has 0 bridgehead atoms. The summed E-state index contributed by atoms with van der Waals surface area (Å²) in [6.45, 7) is 1.13. The first-order valence-electron chi connectivity index (χ1n) is 9.02. The third kappa shape index (κ3) is 6.11. The number of nitrogens with zero attached hydrogens (tertiary/aromatic N) is 1. The van der Waals surface area contributed by atoms with Gasteiger partial charge in [0.15, 0.2) is 5.75 Å². The molecule has 1 aliphatic rings. The normalized spacial score (nSPS) is 16.9. The highest BCUT2D eigenvalue weighted by Gasteiger charge is 2.33.